The highest BCUT2D eigenvalue weighted by molar-refractivity contribution is 6.70. The van der Waals surface area contributed by atoms with Crippen LogP contribution in [-0.2, 0) is 9.31 Å². The first-order valence-electron chi connectivity index (χ1n) is 6.09. The van der Waals surface area contributed by atoms with Crippen LogP contribution in [0, 0.1) is 0 Å². The zero-order chi connectivity index (χ0) is 15.3. The van der Waals surface area contributed by atoms with E-state index >= 15 is 0 Å². The molecule has 0 radical (unpaired) electrons. The molecule has 0 atom stereocenters. The molecule has 0 spiro atoms. The predicted octanol–water partition coefficient (Wildman–Crippen LogP) is 3.76. The van der Waals surface area contributed by atoms with Crippen molar-refractivity contribution in [2.45, 2.75) is 38.9 Å². The zero-order valence-corrected chi connectivity index (χ0v) is 13.9. The van der Waals surface area contributed by atoms with Gasteiger partial charge in [0, 0.05) is 16.0 Å². The number of hydrogen-bond acceptors (Lipinski definition) is 3. The van der Waals surface area contributed by atoms with Crippen LogP contribution in [0.25, 0.3) is 0 Å². The summed E-state index contributed by atoms with van der Waals surface area (Å²) in [6, 6.07) is 1.46. The molecule has 1 aromatic carbocycles. The molecule has 0 bridgehead atoms. The van der Waals surface area contributed by atoms with Gasteiger partial charge in [-0.05, 0) is 33.8 Å². The summed E-state index contributed by atoms with van der Waals surface area (Å²) >= 11 is 18.5. The molecular weight excluding hydrogens is 321 g/mol. The maximum atomic E-state index is 10.9. The molecule has 0 aliphatic carbocycles. The van der Waals surface area contributed by atoms with E-state index in [1.807, 2.05) is 27.7 Å². The van der Waals surface area contributed by atoms with Crippen molar-refractivity contribution in [3.05, 3.63) is 26.7 Å². The molecule has 1 aliphatic heterocycles. The van der Waals surface area contributed by atoms with Crippen molar-refractivity contribution in [1.29, 1.82) is 0 Å². The maximum Gasteiger partial charge on any atom is 0.497 e. The van der Waals surface area contributed by atoms with Gasteiger partial charge in [-0.1, -0.05) is 34.8 Å². The first-order valence-corrected chi connectivity index (χ1v) is 7.22. The third kappa shape index (κ3) is 2.49. The lowest BCUT2D eigenvalue weighted by Crippen LogP contribution is -2.41. The van der Waals surface area contributed by atoms with Gasteiger partial charge in [0.25, 0.3) is 0 Å². The fourth-order valence-electron chi connectivity index (χ4n) is 1.89. The minimum atomic E-state index is -0.724. The maximum absolute atomic E-state index is 10.9. The molecule has 1 aliphatic rings. The molecule has 20 heavy (non-hydrogen) atoms. The van der Waals surface area contributed by atoms with Gasteiger partial charge < -0.3 is 9.31 Å². The molecule has 1 heterocycles. The van der Waals surface area contributed by atoms with Gasteiger partial charge in [0.15, 0.2) is 6.29 Å². The summed E-state index contributed by atoms with van der Waals surface area (Å²) in [5.41, 5.74) is -0.343. The first-order chi connectivity index (χ1) is 9.10. The van der Waals surface area contributed by atoms with Crippen LogP contribution < -0.4 is 5.46 Å². The topological polar surface area (TPSA) is 35.5 Å². The highest BCUT2D eigenvalue weighted by Crippen LogP contribution is 2.38. The van der Waals surface area contributed by atoms with Gasteiger partial charge in [-0.25, -0.2) is 0 Å². The van der Waals surface area contributed by atoms with Crippen LogP contribution in [0.1, 0.15) is 38.1 Å². The lowest BCUT2D eigenvalue weighted by molar-refractivity contribution is 0.00578. The molecule has 3 nitrogen and oxygen atoms in total. The van der Waals surface area contributed by atoms with Gasteiger partial charge in [0.2, 0.25) is 0 Å². The smallest absolute Gasteiger partial charge is 0.399 e. The lowest BCUT2D eigenvalue weighted by Gasteiger charge is -2.32. The van der Waals surface area contributed by atoms with Crippen LogP contribution in [0.5, 0.6) is 0 Å². The normalized spacial score (nSPS) is 20.2. The second-order valence-corrected chi connectivity index (χ2v) is 6.86. The van der Waals surface area contributed by atoms with E-state index in [4.69, 9.17) is 44.1 Å². The van der Waals surface area contributed by atoms with Crippen molar-refractivity contribution >= 4 is 53.7 Å². The summed E-state index contributed by atoms with van der Waals surface area (Å²) in [4.78, 5) is 10.9. The zero-order valence-electron chi connectivity index (χ0n) is 11.6. The monoisotopic (exact) mass is 334 g/mol. The van der Waals surface area contributed by atoms with Gasteiger partial charge in [-0.15, -0.1) is 0 Å². The number of hydrogen-bond donors (Lipinski definition) is 0. The highest BCUT2D eigenvalue weighted by atomic mass is 35.5. The largest absolute Gasteiger partial charge is 0.497 e. The molecule has 1 fully saturated rings. The van der Waals surface area contributed by atoms with Crippen molar-refractivity contribution in [3.8, 4) is 0 Å². The molecule has 0 aromatic heterocycles. The van der Waals surface area contributed by atoms with Crippen LogP contribution in [0.3, 0.4) is 0 Å². The van der Waals surface area contributed by atoms with Gasteiger partial charge in [-0.2, -0.15) is 0 Å². The Hall–Kier alpha value is -0.255. The van der Waals surface area contributed by atoms with E-state index in [1.165, 1.54) is 6.07 Å². The Labute approximate surface area is 133 Å². The van der Waals surface area contributed by atoms with Gasteiger partial charge in [0.1, 0.15) is 0 Å². The number of benzene rings is 1. The van der Waals surface area contributed by atoms with Crippen LogP contribution in [0.2, 0.25) is 15.1 Å². The van der Waals surface area contributed by atoms with E-state index < -0.39 is 18.3 Å². The molecule has 7 heteroatoms. The molecule has 0 unspecified atom stereocenters. The van der Waals surface area contributed by atoms with Gasteiger partial charge in [0.05, 0.1) is 21.2 Å². The third-order valence-corrected chi connectivity index (χ3v) is 5.05. The Morgan fingerprint density at radius 3 is 2.00 bits per heavy atom. The SMILES string of the molecule is CC1(C)OB(c2c(Cl)cc(C=O)c(Cl)c2Cl)OC1(C)C. The molecule has 1 saturated heterocycles. The molecule has 1 aromatic rings. The fraction of sp³-hybridized carbons (Fsp3) is 0.462. The van der Waals surface area contributed by atoms with Gasteiger partial charge in [-0.3, -0.25) is 4.79 Å². The molecule has 0 N–H and O–H groups in total. The summed E-state index contributed by atoms with van der Waals surface area (Å²) in [6.45, 7) is 7.71. The molecule has 108 valence electrons. The number of carbonyl (C=O) groups excluding carboxylic acids is 1. The van der Waals surface area contributed by atoms with E-state index in [0.29, 0.717) is 16.8 Å². The van der Waals surface area contributed by atoms with E-state index in [1.54, 1.807) is 0 Å². The first kappa shape index (κ1) is 16.1. The second-order valence-electron chi connectivity index (χ2n) is 5.70. The Balaban J connectivity index is 2.51. The minimum absolute atomic E-state index is 0.149. The summed E-state index contributed by atoms with van der Waals surface area (Å²) in [7, 11) is -0.724. The Morgan fingerprint density at radius 1 is 1.05 bits per heavy atom. The summed E-state index contributed by atoms with van der Waals surface area (Å²) in [6.07, 6.45) is 0.605. The van der Waals surface area contributed by atoms with Gasteiger partial charge >= 0.3 is 7.12 Å². The number of halogens is 3. The van der Waals surface area contributed by atoms with Crippen molar-refractivity contribution in [3.63, 3.8) is 0 Å². The summed E-state index contributed by atoms with van der Waals surface area (Å²) in [5, 5.41) is 0.621. The lowest BCUT2D eigenvalue weighted by atomic mass is 9.78. The third-order valence-electron chi connectivity index (χ3n) is 3.84. The highest BCUT2D eigenvalue weighted by Gasteiger charge is 2.53. The van der Waals surface area contributed by atoms with E-state index in [2.05, 4.69) is 0 Å². The van der Waals surface area contributed by atoms with E-state index in [0.717, 1.165) is 0 Å². The van der Waals surface area contributed by atoms with Crippen LogP contribution in [0.15, 0.2) is 6.07 Å². The van der Waals surface area contributed by atoms with Crippen LogP contribution in [-0.4, -0.2) is 24.6 Å². The Kier molecular flexibility index (Phi) is 4.18. The minimum Gasteiger partial charge on any atom is -0.399 e. The average Bonchev–Trinajstić information content (AvgIpc) is 2.53. The van der Waals surface area contributed by atoms with Crippen molar-refractivity contribution in [1.82, 2.24) is 0 Å². The van der Waals surface area contributed by atoms with Crippen molar-refractivity contribution in [2.24, 2.45) is 0 Å². The molecule has 2 rings (SSSR count). The number of rotatable bonds is 2. The van der Waals surface area contributed by atoms with E-state index in [9.17, 15) is 4.79 Å². The number of aldehydes is 1. The average molecular weight is 335 g/mol. The predicted molar refractivity (Wildman–Crippen MR) is 82.6 cm³/mol. The van der Waals surface area contributed by atoms with Crippen molar-refractivity contribution in [2.75, 3.05) is 0 Å². The standard InChI is InChI=1S/C13H14BCl3O3/c1-12(2)13(3,4)20-14(19-12)9-8(15)5-7(6-18)10(16)11(9)17/h5-6H,1-4H3. The Bertz CT molecular complexity index is 556. The van der Waals surface area contributed by atoms with E-state index in [-0.39, 0.29) is 15.6 Å². The molecule has 0 saturated carbocycles. The quantitative estimate of drug-likeness (QED) is 0.469. The number of carbonyl (C=O) groups is 1. The summed E-state index contributed by atoms with van der Waals surface area (Å²) < 4.78 is 11.8. The van der Waals surface area contributed by atoms with Crippen LogP contribution >= 0.6 is 34.8 Å². The second kappa shape index (κ2) is 5.18. The van der Waals surface area contributed by atoms with Crippen molar-refractivity contribution < 1.29 is 14.1 Å². The fourth-order valence-corrected chi connectivity index (χ4v) is 2.74. The molecular formula is C13H14BCl3O3. The Morgan fingerprint density at radius 2 is 1.55 bits per heavy atom. The van der Waals surface area contributed by atoms with Crippen LogP contribution in [0.4, 0.5) is 0 Å². The molecule has 0 amide bonds. The summed E-state index contributed by atoms with van der Waals surface area (Å²) in [5.74, 6) is 0.